The molecule has 1 fully saturated rings. The van der Waals surface area contributed by atoms with Gasteiger partial charge in [-0.2, -0.15) is 4.72 Å². The monoisotopic (exact) mass is 439 g/mol. The zero-order valence-electron chi connectivity index (χ0n) is 17.8. The van der Waals surface area contributed by atoms with E-state index in [1.165, 1.54) is 0 Å². The third-order valence-corrected chi connectivity index (χ3v) is 7.56. The molecule has 1 aromatic heterocycles. The summed E-state index contributed by atoms with van der Waals surface area (Å²) in [4.78, 5) is 18.3. The first-order valence-electron chi connectivity index (χ1n) is 10.8. The molecule has 0 unspecified atom stereocenters. The highest BCUT2D eigenvalue weighted by atomic mass is 32.2. The van der Waals surface area contributed by atoms with Crippen LogP contribution < -0.4 is 4.72 Å². The molecule has 31 heavy (non-hydrogen) atoms. The zero-order valence-corrected chi connectivity index (χ0v) is 18.6. The highest BCUT2D eigenvalue weighted by molar-refractivity contribution is 7.89. The lowest BCUT2D eigenvalue weighted by molar-refractivity contribution is -0.134. The molecule has 3 aromatic rings. The number of carbonyl (C=O) groups is 1. The van der Waals surface area contributed by atoms with Crippen molar-refractivity contribution in [3.63, 3.8) is 0 Å². The number of aromatic nitrogens is 1. The molecule has 1 aliphatic rings. The number of aromatic amines is 1. The number of aryl methyl sites for hydroxylation is 1. The van der Waals surface area contributed by atoms with E-state index >= 15 is 0 Å². The molecule has 7 heteroatoms. The Bertz CT molecular complexity index is 1130. The summed E-state index contributed by atoms with van der Waals surface area (Å²) in [7, 11) is -3.85. The predicted molar refractivity (Wildman–Crippen MR) is 122 cm³/mol. The van der Waals surface area contributed by atoms with Crippen LogP contribution in [0.5, 0.6) is 0 Å². The van der Waals surface area contributed by atoms with E-state index in [1.807, 2.05) is 41.3 Å². The summed E-state index contributed by atoms with van der Waals surface area (Å²) in [6.07, 6.45) is 4.72. The van der Waals surface area contributed by atoms with Crippen LogP contribution in [0, 0.1) is 5.92 Å². The van der Waals surface area contributed by atoms with Crippen LogP contribution in [0.1, 0.15) is 31.7 Å². The van der Waals surface area contributed by atoms with E-state index in [0.717, 1.165) is 29.3 Å². The molecule has 2 N–H and O–H groups in total. The largest absolute Gasteiger partial charge is 0.361 e. The number of carbonyl (C=O) groups excluding carboxylic acids is 1. The van der Waals surface area contributed by atoms with E-state index in [-0.39, 0.29) is 10.8 Å². The number of sulfonamides is 1. The van der Waals surface area contributed by atoms with Crippen LogP contribution in [0.4, 0.5) is 0 Å². The Labute approximate surface area is 183 Å². The number of H-pyrrole nitrogens is 1. The molecule has 4 rings (SSSR count). The standard InChI is InChI=1S/C24H29N3O3S/c1-18-12-15-27(16-13-18)24(28)22(10-7-19-5-3-2-4-6-19)26-31(29,30)21-9-8-20-11-14-25-23(20)17-21/h2-6,8-9,11,14,17-18,22,25-26H,7,10,12-13,15-16H2,1H3/t22-/m1/s1. The maximum Gasteiger partial charge on any atom is 0.241 e. The molecule has 2 heterocycles. The highest BCUT2D eigenvalue weighted by Crippen LogP contribution is 2.21. The fraction of sp³-hybridized carbons (Fsp3) is 0.375. The molecule has 1 amide bonds. The van der Waals surface area contributed by atoms with Gasteiger partial charge in [0.25, 0.3) is 0 Å². The molecule has 1 aliphatic heterocycles. The molecule has 2 aromatic carbocycles. The van der Waals surface area contributed by atoms with E-state index in [0.29, 0.717) is 31.8 Å². The van der Waals surface area contributed by atoms with E-state index in [9.17, 15) is 13.2 Å². The first-order chi connectivity index (χ1) is 14.9. The fourth-order valence-electron chi connectivity index (χ4n) is 4.09. The van der Waals surface area contributed by atoms with Crippen molar-refractivity contribution < 1.29 is 13.2 Å². The lowest BCUT2D eigenvalue weighted by Gasteiger charge is -2.33. The van der Waals surface area contributed by atoms with Crippen LogP contribution in [0.25, 0.3) is 10.9 Å². The van der Waals surface area contributed by atoms with Gasteiger partial charge in [-0.05, 0) is 60.7 Å². The van der Waals surface area contributed by atoms with Crippen LogP contribution >= 0.6 is 0 Å². The summed E-state index contributed by atoms with van der Waals surface area (Å²) in [5, 5.41) is 0.943. The Kier molecular flexibility index (Phi) is 6.43. The Balaban J connectivity index is 1.55. The van der Waals surface area contributed by atoms with Crippen molar-refractivity contribution in [1.29, 1.82) is 0 Å². The molecule has 1 saturated heterocycles. The van der Waals surface area contributed by atoms with Gasteiger partial charge in [0.15, 0.2) is 0 Å². The first kappa shape index (κ1) is 21.6. The number of nitrogens with one attached hydrogen (secondary N) is 2. The smallest absolute Gasteiger partial charge is 0.241 e. The highest BCUT2D eigenvalue weighted by Gasteiger charge is 2.31. The molecule has 1 atom stereocenters. The second-order valence-electron chi connectivity index (χ2n) is 8.43. The molecule has 0 saturated carbocycles. The summed E-state index contributed by atoms with van der Waals surface area (Å²) >= 11 is 0. The molecule has 164 valence electrons. The van der Waals surface area contributed by atoms with E-state index in [4.69, 9.17) is 0 Å². The van der Waals surface area contributed by atoms with Gasteiger partial charge in [0.2, 0.25) is 15.9 Å². The van der Waals surface area contributed by atoms with Crippen molar-refractivity contribution in [2.24, 2.45) is 5.92 Å². The van der Waals surface area contributed by atoms with Crippen molar-refractivity contribution in [2.45, 2.75) is 43.5 Å². The lowest BCUT2D eigenvalue weighted by atomic mass is 9.98. The number of benzene rings is 2. The SMILES string of the molecule is CC1CCN(C(=O)[C@@H](CCc2ccccc2)NS(=O)(=O)c2ccc3cc[nH]c3c2)CC1. The maximum atomic E-state index is 13.3. The van der Waals surface area contributed by atoms with E-state index < -0.39 is 16.1 Å². The van der Waals surface area contributed by atoms with Crippen molar-refractivity contribution in [1.82, 2.24) is 14.6 Å². The number of hydrogen-bond acceptors (Lipinski definition) is 3. The normalized spacial score (nSPS) is 16.5. The maximum absolute atomic E-state index is 13.3. The van der Waals surface area contributed by atoms with Gasteiger partial charge >= 0.3 is 0 Å². The summed E-state index contributed by atoms with van der Waals surface area (Å²) in [6.45, 7) is 3.55. The summed E-state index contributed by atoms with van der Waals surface area (Å²) in [5.41, 5.74) is 1.83. The number of amides is 1. The van der Waals surface area contributed by atoms with E-state index in [1.54, 1.807) is 24.4 Å². The molecular formula is C24H29N3O3S. The quantitative estimate of drug-likeness (QED) is 0.589. The van der Waals surface area contributed by atoms with Gasteiger partial charge < -0.3 is 9.88 Å². The first-order valence-corrected chi connectivity index (χ1v) is 12.3. The third kappa shape index (κ3) is 5.17. The number of fused-ring (bicyclic) bond motifs is 1. The summed E-state index contributed by atoms with van der Waals surface area (Å²) in [5.74, 6) is 0.461. The van der Waals surface area contributed by atoms with Crippen molar-refractivity contribution in [3.8, 4) is 0 Å². The minimum absolute atomic E-state index is 0.132. The van der Waals surface area contributed by atoms with Gasteiger partial charge in [-0.3, -0.25) is 4.79 Å². The Morgan fingerprint density at radius 2 is 1.87 bits per heavy atom. The van der Waals surface area contributed by atoms with Crippen LogP contribution in [0.2, 0.25) is 0 Å². The van der Waals surface area contributed by atoms with Crippen LogP contribution in [0.3, 0.4) is 0 Å². The average Bonchev–Trinajstić information content (AvgIpc) is 3.25. The number of piperidine rings is 1. The summed E-state index contributed by atoms with van der Waals surface area (Å²) in [6, 6.07) is 15.9. The number of likely N-dealkylation sites (tertiary alicyclic amines) is 1. The number of rotatable bonds is 7. The lowest BCUT2D eigenvalue weighted by Crippen LogP contribution is -2.50. The van der Waals surface area contributed by atoms with Gasteiger partial charge in [-0.1, -0.05) is 43.3 Å². The van der Waals surface area contributed by atoms with Gasteiger partial charge in [0.05, 0.1) is 4.90 Å². The molecule has 0 radical (unpaired) electrons. The molecule has 6 nitrogen and oxygen atoms in total. The van der Waals surface area contributed by atoms with Crippen LogP contribution in [-0.2, 0) is 21.2 Å². The Hall–Kier alpha value is -2.64. The van der Waals surface area contributed by atoms with Gasteiger partial charge in [0, 0.05) is 24.8 Å². The molecule has 0 bridgehead atoms. The van der Waals surface area contributed by atoms with Crippen LogP contribution in [0.15, 0.2) is 65.7 Å². The molecular weight excluding hydrogens is 410 g/mol. The van der Waals surface area contributed by atoms with Crippen molar-refractivity contribution in [3.05, 3.63) is 66.4 Å². The Morgan fingerprint density at radius 3 is 2.61 bits per heavy atom. The number of hydrogen-bond donors (Lipinski definition) is 2. The zero-order chi connectivity index (χ0) is 21.8. The molecule has 0 spiro atoms. The van der Waals surface area contributed by atoms with Gasteiger partial charge in [-0.15, -0.1) is 0 Å². The second kappa shape index (κ2) is 9.24. The van der Waals surface area contributed by atoms with E-state index in [2.05, 4.69) is 16.6 Å². The summed E-state index contributed by atoms with van der Waals surface area (Å²) < 4.78 is 29.0. The number of nitrogens with zero attached hydrogens (tertiary/aromatic N) is 1. The Morgan fingerprint density at radius 1 is 1.13 bits per heavy atom. The minimum atomic E-state index is -3.85. The van der Waals surface area contributed by atoms with Gasteiger partial charge in [0.1, 0.15) is 6.04 Å². The fourth-order valence-corrected chi connectivity index (χ4v) is 5.34. The van der Waals surface area contributed by atoms with Crippen molar-refractivity contribution in [2.75, 3.05) is 13.1 Å². The third-order valence-electron chi connectivity index (χ3n) is 6.09. The minimum Gasteiger partial charge on any atom is -0.361 e. The van der Waals surface area contributed by atoms with Gasteiger partial charge in [-0.25, -0.2) is 8.42 Å². The van der Waals surface area contributed by atoms with Crippen molar-refractivity contribution >= 4 is 26.8 Å². The second-order valence-corrected chi connectivity index (χ2v) is 10.1. The predicted octanol–water partition coefficient (Wildman–Crippen LogP) is 3.71. The molecule has 0 aliphatic carbocycles. The topological polar surface area (TPSA) is 82.3 Å². The average molecular weight is 440 g/mol. The van der Waals surface area contributed by atoms with Crippen LogP contribution in [-0.4, -0.2) is 43.3 Å².